The number of H-pyrrole nitrogens is 1. The summed E-state index contributed by atoms with van der Waals surface area (Å²) in [6, 6.07) is 11.0. The van der Waals surface area contributed by atoms with E-state index in [4.69, 9.17) is 18.9 Å². The first kappa shape index (κ1) is 40.0. The van der Waals surface area contributed by atoms with E-state index in [-0.39, 0.29) is 12.0 Å². The molecule has 6 heterocycles. The van der Waals surface area contributed by atoms with Crippen LogP contribution >= 0.6 is 0 Å². The second kappa shape index (κ2) is 13.8. The van der Waals surface area contributed by atoms with Crippen LogP contribution in [0.1, 0.15) is 75.3 Å². The van der Waals surface area contributed by atoms with Gasteiger partial charge < -0.3 is 39.0 Å². The van der Waals surface area contributed by atoms with Crippen molar-refractivity contribution in [2.75, 3.05) is 66.0 Å². The number of rotatable bonds is 7. The Kier molecular flexibility index (Phi) is 9.36. The number of nitrogens with one attached hydrogen (secondary N) is 1. The molecule has 2 bridgehead atoms. The van der Waals surface area contributed by atoms with Crippen molar-refractivity contribution in [2.45, 2.75) is 99.5 Å². The molecule has 9 rings (SSSR count). The number of aromatic amines is 1. The topological polar surface area (TPSA) is 154 Å². The zero-order chi connectivity index (χ0) is 41.9. The van der Waals surface area contributed by atoms with Crippen LogP contribution in [0.25, 0.3) is 10.9 Å². The number of piperidine rings is 1. The Bertz CT molecular complexity index is 2260. The van der Waals surface area contributed by atoms with Gasteiger partial charge in [-0.3, -0.25) is 19.4 Å². The number of methoxy groups -OCH3 is 3. The van der Waals surface area contributed by atoms with Gasteiger partial charge in [0, 0.05) is 79.2 Å². The van der Waals surface area contributed by atoms with Crippen LogP contribution in [-0.2, 0) is 45.8 Å². The second-order valence-electron chi connectivity index (χ2n) is 18.2. The molecule has 13 heteroatoms. The number of hydrogen-bond donors (Lipinski definition) is 3. The number of likely N-dealkylation sites (N-methyl/N-ethyl adjacent to an activating group) is 1. The van der Waals surface area contributed by atoms with Crippen LogP contribution in [0.2, 0.25) is 0 Å². The Labute approximate surface area is 345 Å². The van der Waals surface area contributed by atoms with Crippen LogP contribution in [0, 0.1) is 11.3 Å². The number of para-hydroxylation sites is 1. The minimum Gasteiger partial charge on any atom is -0.494 e. The first-order chi connectivity index (χ1) is 28.2. The van der Waals surface area contributed by atoms with Gasteiger partial charge in [-0.1, -0.05) is 56.3 Å². The lowest BCUT2D eigenvalue weighted by Crippen LogP contribution is -2.81. The normalized spacial score (nSPS) is 37.0. The number of ether oxygens (including phenoxy) is 4. The molecule has 1 spiro atoms. The SMILES string of the molecule is CC[C@]1(O)C[C@@H]2CN(CCc3c([nH]c4ccccc34)[C@@](C(=O)OC)(c3ccc4c(c3OC)N(C)[C@H]3[C@@](O)(C(=O)OC)[C@H](OC(C)=O)[C@]5(CC)C=CCN6CC[C@]43[C@@H]65)C2)C1. The zero-order valence-corrected chi connectivity index (χ0v) is 35.3. The third kappa shape index (κ3) is 5.13. The molecule has 1 unspecified atom stereocenters. The van der Waals surface area contributed by atoms with E-state index in [1.54, 1.807) is 7.11 Å². The second-order valence-corrected chi connectivity index (χ2v) is 18.2. The molecule has 59 heavy (non-hydrogen) atoms. The first-order valence-electron chi connectivity index (χ1n) is 21.2. The standard InChI is InChI=1S/C46H58N4O9/c1-8-42(54)23-28-24-45(40(52)57-6,36-30(17-21-49(25-28)26-42)29-13-10-11-14-33(29)47-36)32-16-15-31-34(35(32)56-5)48(4)38-44(31)19-22-50-20-12-18-43(9-2,37(44)50)39(59-27(3)51)46(38,55)41(53)58-7/h10-16,18,28,37-39,47,54-55H,8-9,17,19-26H2,1-7H3/t28-,37-,38+,39+,42-,43+,44+,45-,46-/m0/s1. The number of aliphatic hydroxyl groups is 2. The molecule has 3 aromatic rings. The van der Waals surface area contributed by atoms with E-state index < -0.39 is 57.5 Å². The molecule has 10 atom stereocenters. The Morgan fingerprint density at radius 3 is 2.37 bits per heavy atom. The summed E-state index contributed by atoms with van der Waals surface area (Å²) in [6.07, 6.45) is 5.96. The summed E-state index contributed by atoms with van der Waals surface area (Å²) in [5.74, 6) is -1.60. The van der Waals surface area contributed by atoms with E-state index in [1.165, 1.54) is 21.1 Å². The highest BCUT2D eigenvalue weighted by Crippen LogP contribution is 2.69. The molecule has 3 fully saturated rings. The Morgan fingerprint density at radius 2 is 1.68 bits per heavy atom. The van der Waals surface area contributed by atoms with E-state index in [0.717, 1.165) is 27.7 Å². The lowest BCUT2D eigenvalue weighted by atomic mass is 9.47. The lowest BCUT2D eigenvalue weighted by Gasteiger charge is -2.63. The molecule has 0 amide bonds. The molecule has 1 aliphatic carbocycles. The smallest absolute Gasteiger partial charge is 0.344 e. The van der Waals surface area contributed by atoms with Crippen molar-refractivity contribution in [1.82, 2.24) is 14.8 Å². The van der Waals surface area contributed by atoms with Crippen LogP contribution in [-0.4, -0.2) is 133 Å². The number of hydrogen-bond acceptors (Lipinski definition) is 12. The van der Waals surface area contributed by atoms with Crippen molar-refractivity contribution in [3.8, 4) is 5.75 Å². The van der Waals surface area contributed by atoms with Crippen LogP contribution in [0.15, 0.2) is 48.6 Å². The predicted molar refractivity (Wildman–Crippen MR) is 220 cm³/mol. The fraction of sp³-hybridized carbons (Fsp3) is 0.587. The molecule has 1 saturated carbocycles. The van der Waals surface area contributed by atoms with Gasteiger partial charge in [0.15, 0.2) is 6.10 Å². The summed E-state index contributed by atoms with van der Waals surface area (Å²) in [4.78, 5) is 53.1. The number of fused-ring (bicyclic) bond motifs is 6. The van der Waals surface area contributed by atoms with Gasteiger partial charge >= 0.3 is 17.9 Å². The Morgan fingerprint density at radius 1 is 0.932 bits per heavy atom. The third-order valence-corrected chi connectivity index (χ3v) is 15.6. The molecule has 2 aromatic carbocycles. The van der Waals surface area contributed by atoms with E-state index in [0.29, 0.717) is 88.2 Å². The van der Waals surface area contributed by atoms with Crippen molar-refractivity contribution in [2.24, 2.45) is 11.3 Å². The van der Waals surface area contributed by atoms with Crippen LogP contribution < -0.4 is 9.64 Å². The summed E-state index contributed by atoms with van der Waals surface area (Å²) in [5.41, 5.74) is -1.69. The number of nitrogens with zero attached hydrogens (tertiary/aromatic N) is 3. The zero-order valence-electron chi connectivity index (χ0n) is 35.3. The van der Waals surface area contributed by atoms with E-state index in [2.05, 4.69) is 39.1 Å². The van der Waals surface area contributed by atoms with Gasteiger partial charge in [0.1, 0.15) is 11.2 Å². The highest BCUT2D eigenvalue weighted by atomic mass is 16.6. The maximum absolute atomic E-state index is 15.2. The molecule has 3 N–H and O–H groups in total. The van der Waals surface area contributed by atoms with Crippen molar-refractivity contribution in [3.05, 3.63) is 70.9 Å². The van der Waals surface area contributed by atoms with Crippen LogP contribution in [0.4, 0.5) is 5.69 Å². The number of carbonyl (C=O) groups excluding carboxylic acids is 3. The summed E-state index contributed by atoms with van der Waals surface area (Å²) in [7, 11) is 6.13. The number of aromatic nitrogens is 1. The van der Waals surface area contributed by atoms with Gasteiger partial charge in [-0.2, -0.15) is 0 Å². The van der Waals surface area contributed by atoms with E-state index >= 15 is 4.79 Å². The van der Waals surface area contributed by atoms with Gasteiger partial charge in [-0.05, 0) is 68.2 Å². The fourth-order valence-electron chi connectivity index (χ4n) is 13.6. The third-order valence-electron chi connectivity index (χ3n) is 15.6. The average Bonchev–Trinajstić information content (AvgIpc) is 3.90. The van der Waals surface area contributed by atoms with E-state index in [1.807, 2.05) is 50.1 Å². The minimum absolute atomic E-state index is 0.0986. The number of carbonyl (C=O) groups is 3. The molecule has 0 radical (unpaired) electrons. The summed E-state index contributed by atoms with van der Waals surface area (Å²) in [6.45, 7) is 8.65. The molecule has 316 valence electrons. The van der Waals surface area contributed by atoms with Gasteiger partial charge in [0.25, 0.3) is 0 Å². The molecule has 1 aromatic heterocycles. The predicted octanol–water partition coefficient (Wildman–Crippen LogP) is 3.99. The first-order valence-corrected chi connectivity index (χ1v) is 21.2. The molecule has 5 aliphatic heterocycles. The Balaban J connectivity index is 1.35. The van der Waals surface area contributed by atoms with Crippen molar-refractivity contribution in [3.63, 3.8) is 0 Å². The Hall–Kier alpha value is -4.43. The highest BCUT2D eigenvalue weighted by molar-refractivity contribution is 5.95. The van der Waals surface area contributed by atoms with Crippen molar-refractivity contribution >= 4 is 34.5 Å². The van der Waals surface area contributed by atoms with E-state index in [9.17, 15) is 19.8 Å². The maximum Gasteiger partial charge on any atom is 0.344 e. The van der Waals surface area contributed by atoms with Crippen molar-refractivity contribution in [1.29, 1.82) is 0 Å². The van der Waals surface area contributed by atoms with Crippen LogP contribution in [0.5, 0.6) is 5.75 Å². The number of anilines is 1. The fourth-order valence-corrected chi connectivity index (χ4v) is 13.6. The molecule has 2 saturated heterocycles. The van der Waals surface area contributed by atoms with Gasteiger partial charge in [0.05, 0.1) is 38.7 Å². The van der Waals surface area contributed by atoms with Gasteiger partial charge in [-0.15, -0.1) is 0 Å². The quantitative estimate of drug-likeness (QED) is 0.180. The molecule has 13 nitrogen and oxygen atoms in total. The van der Waals surface area contributed by atoms with Crippen molar-refractivity contribution < 1.29 is 43.5 Å². The lowest BCUT2D eigenvalue weighted by molar-refractivity contribution is -0.228. The van der Waals surface area contributed by atoms with Crippen LogP contribution in [0.3, 0.4) is 0 Å². The molecular formula is C46H58N4O9. The van der Waals surface area contributed by atoms with Gasteiger partial charge in [0.2, 0.25) is 5.60 Å². The summed E-state index contributed by atoms with van der Waals surface area (Å²) >= 11 is 0. The monoisotopic (exact) mass is 810 g/mol. The van der Waals surface area contributed by atoms with Gasteiger partial charge in [-0.25, -0.2) is 4.79 Å². The number of benzene rings is 2. The average molecular weight is 811 g/mol. The summed E-state index contributed by atoms with van der Waals surface area (Å²) < 4.78 is 24.1. The molecule has 6 aliphatic rings. The maximum atomic E-state index is 15.2. The number of esters is 3. The molecular weight excluding hydrogens is 753 g/mol. The summed E-state index contributed by atoms with van der Waals surface area (Å²) in [5, 5.41) is 26.3. The minimum atomic E-state index is -2.32. The largest absolute Gasteiger partial charge is 0.494 e. The highest BCUT2D eigenvalue weighted by Gasteiger charge is 2.80.